The van der Waals surface area contributed by atoms with Crippen molar-refractivity contribution in [3.05, 3.63) is 35.2 Å². The average Bonchev–Trinajstić information content (AvgIpc) is 2.86. The molecule has 2 rings (SSSR count). The first kappa shape index (κ1) is 12.8. The molecule has 0 aliphatic heterocycles. The Morgan fingerprint density at radius 2 is 2.11 bits per heavy atom. The maximum Gasteiger partial charge on any atom is 0.240 e. The Kier molecular flexibility index (Phi) is 3.77. The molecule has 18 heavy (non-hydrogen) atoms. The largest absolute Gasteiger partial charge is 0.338 e. The minimum Gasteiger partial charge on any atom is -0.338 e. The summed E-state index contributed by atoms with van der Waals surface area (Å²) in [6, 6.07) is 6.44. The number of hydrogen-bond donors (Lipinski definition) is 1. The molecule has 0 radical (unpaired) electrons. The van der Waals surface area contributed by atoms with Crippen LogP contribution in [0.4, 0.5) is 0 Å². The maximum atomic E-state index is 5.50. The van der Waals surface area contributed by atoms with E-state index in [1.807, 2.05) is 0 Å². The lowest BCUT2D eigenvalue weighted by molar-refractivity contribution is 0.380. The molecule has 2 aromatic rings. The van der Waals surface area contributed by atoms with E-state index < -0.39 is 0 Å². The highest BCUT2D eigenvalue weighted by Gasteiger charge is 2.14. The van der Waals surface area contributed by atoms with E-state index in [-0.39, 0.29) is 6.54 Å². The molecule has 0 spiro atoms. The van der Waals surface area contributed by atoms with Gasteiger partial charge < -0.3 is 10.3 Å². The van der Waals surface area contributed by atoms with E-state index >= 15 is 0 Å². The molecule has 96 valence electrons. The molecule has 1 aromatic carbocycles. The first-order valence-electron chi connectivity index (χ1n) is 6.31. The standard InChI is InChI=1S/C14H19N3O/c1-4-10-5-6-11(9(2)3)12(7-10)14-16-13(8-15)18-17-14/h5-7,9H,4,8,15H2,1-3H3. The lowest BCUT2D eigenvalue weighted by atomic mass is 9.94. The summed E-state index contributed by atoms with van der Waals surface area (Å²) in [7, 11) is 0. The van der Waals surface area contributed by atoms with E-state index in [4.69, 9.17) is 10.3 Å². The molecule has 0 saturated heterocycles. The zero-order chi connectivity index (χ0) is 13.1. The van der Waals surface area contributed by atoms with Crippen LogP contribution in [0.2, 0.25) is 0 Å². The summed E-state index contributed by atoms with van der Waals surface area (Å²) in [5, 5.41) is 4.01. The molecule has 0 bridgehead atoms. The smallest absolute Gasteiger partial charge is 0.240 e. The predicted octanol–water partition coefficient (Wildman–Crippen LogP) is 2.88. The summed E-state index contributed by atoms with van der Waals surface area (Å²) in [5.74, 6) is 1.53. The Labute approximate surface area is 107 Å². The quantitative estimate of drug-likeness (QED) is 0.899. The third-order valence-electron chi connectivity index (χ3n) is 3.03. The van der Waals surface area contributed by atoms with Gasteiger partial charge in [0.15, 0.2) is 0 Å². The molecule has 4 nitrogen and oxygen atoms in total. The highest BCUT2D eigenvalue weighted by atomic mass is 16.5. The molecule has 0 fully saturated rings. The van der Waals surface area contributed by atoms with E-state index in [2.05, 4.69) is 49.1 Å². The minimum absolute atomic E-state index is 0.275. The van der Waals surface area contributed by atoms with Crippen molar-refractivity contribution < 1.29 is 4.52 Å². The van der Waals surface area contributed by atoms with E-state index in [0.29, 0.717) is 17.6 Å². The number of nitrogens with zero attached hydrogens (tertiary/aromatic N) is 2. The van der Waals surface area contributed by atoms with Crippen LogP contribution in [-0.2, 0) is 13.0 Å². The summed E-state index contributed by atoms with van der Waals surface area (Å²) < 4.78 is 5.09. The monoisotopic (exact) mass is 245 g/mol. The topological polar surface area (TPSA) is 64.9 Å². The summed E-state index contributed by atoms with van der Waals surface area (Å²) in [6.45, 7) is 6.73. The van der Waals surface area contributed by atoms with Crippen molar-refractivity contribution in [1.29, 1.82) is 0 Å². The first-order chi connectivity index (χ1) is 8.65. The normalized spacial score (nSPS) is 11.2. The van der Waals surface area contributed by atoms with E-state index in [9.17, 15) is 0 Å². The summed E-state index contributed by atoms with van der Waals surface area (Å²) >= 11 is 0. The number of aromatic nitrogens is 2. The van der Waals surface area contributed by atoms with Gasteiger partial charge in [0, 0.05) is 5.56 Å². The van der Waals surface area contributed by atoms with Gasteiger partial charge >= 0.3 is 0 Å². The van der Waals surface area contributed by atoms with Gasteiger partial charge in [-0.3, -0.25) is 0 Å². The molecule has 0 unspecified atom stereocenters. The van der Waals surface area contributed by atoms with Gasteiger partial charge in [-0.25, -0.2) is 0 Å². The van der Waals surface area contributed by atoms with Crippen LogP contribution in [0.1, 0.15) is 43.7 Å². The highest BCUT2D eigenvalue weighted by molar-refractivity contribution is 5.62. The molecule has 1 heterocycles. The van der Waals surface area contributed by atoms with Crippen LogP contribution >= 0.6 is 0 Å². The number of hydrogen-bond acceptors (Lipinski definition) is 4. The molecule has 0 amide bonds. The Hall–Kier alpha value is -1.68. The molecule has 0 atom stereocenters. The summed E-state index contributed by atoms with van der Waals surface area (Å²) in [5.41, 5.74) is 9.05. The molecule has 0 aliphatic carbocycles. The van der Waals surface area contributed by atoms with Crippen molar-refractivity contribution in [2.24, 2.45) is 5.73 Å². The zero-order valence-electron chi connectivity index (χ0n) is 11.1. The Bertz CT molecular complexity index is 532. The fourth-order valence-electron chi connectivity index (χ4n) is 1.97. The van der Waals surface area contributed by atoms with E-state index in [1.165, 1.54) is 11.1 Å². The molecule has 4 heteroatoms. The van der Waals surface area contributed by atoms with Gasteiger partial charge in [0.1, 0.15) is 0 Å². The van der Waals surface area contributed by atoms with Gasteiger partial charge in [-0.15, -0.1) is 0 Å². The fourth-order valence-corrected chi connectivity index (χ4v) is 1.97. The number of rotatable bonds is 4. The second kappa shape index (κ2) is 5.31. The van der Waals surface area contributed by atoms with Crippen LogP contribution in [0.3, 0.4) is 0 Å². The Morgan fingerprint density at radius 3 is 2.67 bits per heavy atom. The van der Waals surface area contributed by atoms with Crippen LogP contribution in [0.25, 0.3) is 11.4 Å². The third kappa shape index (κ3) is 2.43. The lowest BCUT2D eigenvalue weighted by Crippen LogP contribution is -1.98. The van der Waals surface area contributed by atoms with Crippen LogP contribution in [-0.4, -0.2) is 10.1 Å². The van der Waals surface area contributed by atoms with Crippen LogP contribution in [0.15, 0.2) is 22.7 Å². The van der Waals surface area contributed by atoms with Crippen molar-refractivity contribution in [2.75, 3.05) is 0 Å². The van der Waals surface area contributed by atoms with Crippen molar-refractivity contribution in [3.63, 3.8) is 0 Å². The molecule has 1 aromatic heterocycles. The van der Waals surface area contributed by atoms with Crippen LogP contribution in [0, 0.1) is 0 Å². The third-order valence-corrected chi connectivity index (χ3v) is 3.03. The first-order valence-corrected chi connectivity index (χ1v) is 6.31. The van der Waals surface area contributed by atoms with Gasteiger partial charge in [0.05, 0.1) is 6.54 Å². The predicted molar refractivity (Wildman–Crippen MR) is 71.1 cm³/mol. The Morgan fingerprint density at radius 1 is 1.33 bits per heavy atom. The van der Waals surface area contributed by atoms with Crippen LogP contribution < -0.4 is 5.73 Å². The second-order valence-electron chi connectivity index (χ2n) is 4.65. The van der Waals surface area contributed by atoms with Crippen molar-refractivity contribution in [2.45, 2.75) is 39.7 Å². The molecular formula is C14H19N3O. The number of aryl methyl sites for hydroxylation is 1. The fraction of sp³-hybridized carbons (Fsp3) is 0.429. The Balaban J connectivity index is 2.52. The molecule has 0 saturated carbocycles. The van der Waals surface area contributed by atoms with Crippen molar-refractivity contribution in [3.8, 4) is 11.4 Å². The van der Waals surface area contributed by atoms with E-state index in [1.54, 1.807) is 0 Å². The highest BCUT2D eigenvalue weighted by Crippen LogP contribution is 2.28. The van der Waals surface area contributed by atoms with Crippen molar-refractivity contribution >= 4 is 0 Å². The van der Waals surface area contributed by atoms with Gasteiger partial charge in [-0.05, 0) is 29.5 Å². The lowest BCUT2D eigenvalue weighted by Gasteiger charge is -2.11. The molecule has 2 N–H and O–H groups in total. The van der Waals surface area contributed by atoms with Crippen LogP contribution in [0.5, 0.6) is 0 Å². The SMILES string of the molecule is CCc1ccc(C(C)C)c(-c2noc(CN)n2)c1. The van der Waals surface area contributed by atoms with Gasteiger partial charge in [-0.1, -0.05) is 38.1 Å². The number of benzene rings is 1. The molecular weight excluding hydrogens is 226 g/mol. The van der Waals surface area contributed by atoms with E-state index in [0.717, 1.165) is 12.0 Å². The van der Waals surface area contributed by atoms with Gasteiger partial charge in [0.2, 0.25) is 11.7 Å². The average molecular weight is 245 g/mol. The summed E-state index contributed by atoms with van der Waals surface area (Å²) in [4.78, 5) is 4.31. The summed E-state index contributed by atoms with van der Waals surface area (Å²) in [6.07, 6.45) is 0.993. The maximum absolute atomic E-state index is 5.50. The zero-order valence-corrected chi connectivity index (χ0v) is 11.1. The molecule has 0 aliphatic rings. The van der Waals surface area contributed by atoms with Gasteiger partial charge in [-0.2, -0.15) is 4.98 Å². The minimum atomic E-state index is 0.275. The van der Waals surface area contributed by atoms with Crippen molar-refractivity contribution in [1.82, 2.24) is 10.1 Å². The number of nitrogens with two attached hydrogens (primary N) is 1. The van der Waals surface area contributed by atoms with Gasteiger partial charge in [0.25, 0.3) is 0 Å². The second-order valence-corrected chi connectivity index (χ2v) is 4.65.